The maximum absolute atomic E-state index is 13.6. The van der Waals surface area contributed by atoms with Crippen molar-refractivity contribution in [1.82, 2.24) is 15.0 Å². The average molecular weight is 443 g/mol. The smallest absolute Gasteiger partial charge is 0.419 e. The van der Waals surface area contributed by atoms with Crippen molar-refractivity contribution in [3.63, 3.8) is 0 Å². The van der Waals surface area contributed by atoms with Gasteiger partial charge >= 0.3 is 6.18 Å². The van der Waals surface area contributed by atoms with E-state index in [-0.39, 0.29) is 17.2 Å². The summed E-state index contributed by atoms with van der Waals surface area (Å²) in [5.74, 6) is -0.0809. The van der Waals surface area contributed by atoms with E-state index in [9.17, 15) is 17.6 Å². The summed E-state index contributed by atoms with van der Waals surface area (Å²) in [7, 11) is 1.59. The Kier molecular flexibility index (Phi) is 5.52. The van der Waals surface area contributed by atoms with Crippen LogP contribution in [0.5, 0.6) is 5.75 Å². The van der Waals surface area contributed by atoms with Gasteiger partial charge in [-0.05, 0) is 42.0 Å². The summed E-state index contributed by atoms with van der Waals surface area (Å²) in [4.78, 5) is 12.6. The van der Waals surface area contributed by atoms with Gasteiger partial charge < -0.3 is 15.8 Å². The summed E-state index contributed by atoms with van der Waals surface area (Å²) in [6.07, 6.45) is -3.39. The highest BCUT2D eigenvalue weighted by Crippen LogP contribution is 2.34. The lowest BCUT2D eigenvalue weighted by Gasteiger charge is -2.11. The highest BCUT2D eigenvalue weighted by molar-refractivity contribution is 5.90. The molecule has 0 amide bonds. The van der Waals surface area contributed by atoms with E-state index >= 15 is 0 Å². The topological polar surface area (TPSA) is 86.0 Å². The highest BCUT2D eigenvalue weighted by atomic mass is 19.4. The van der Waals surface area contributed by atoms with Crippen LogP contribution in [0.3, 0.4) is 0 Å². The number of pyridine rings is 1. The molecule has 0 atom stereocenters. The van der Waals surface area contributed by atoms with Gasteiger partial charge in [-0.3, -0.25) is 0 Å². The van der Waals surface area contributed by atoms with Crippen LogP contribution in [-0.2, 0) is 12.7 Å². The van der Waals surface area contributed by atoms with Gasteiger partial charge in [0.25, 0.3) is 0 Å². The molecule has 0 bridgehead atoms. The fourth-order valence-electron chi connectivity index (χ4n) is 3.10. The molecule has 164 valence electrons. The van der Waals surface area contributed by atoms with Crippen molar-refractivity contribution in [2.75, 3.05) is 18.2 Å². The second kappa shape index (κ2) is 8.29. The van der Waals surface area contributed by atoms with Crippen molar-refractivity contribution in [2.24, 2.45) is 0 Å². The minimum atomic E-state index is -4.84. The normalized spacial score (nSPS) is 11.5. The fraction of sp³-hybridized carbons (Fsp3) is 0.136. The number of nitrogen functional groups attached to an aromatic ring is 1. The van der Waals surface area contributed by atoms with Crippen molar-refractivity contribution >= 4 is 22.5 Å². The van der Waals surface area contributed by atoms with E-state index in [0.29, 0.717) is 29.3 Å². The van der Waals surface area contributed by atoms with Gasteiger partial charge in [0.05, 0.1) is 24.4 Å². The van der Waals surface area contributed by atoms with Crippen molar-refractivity contribution in [3.8, 4) is 17.1 Å². The van der Waals surface area contributed by atoms with Crippen molar-refractivity contribution in [3.05, 3.63) is 71.7 Å². The van der Waals surface area contributed by atoms with Crippen LogP contribution < -0.4 is 15.8 Å². The van der Waals surface area contributed by atoms with Crippen LogP contribution in [-0.4, -0.2) is 22.1 Å². The molecule has 0 saturated carbocycles. The molecular weight excluding hydrogens is 426 g/mol. The van der Waals surface area contributed by atoms with Gasteiger partial charge in [-0.15, -0.1) is 0 Å². The zero-order chi connectivity index (χ0) is 22.9. The van der Waals surface area contributed by atoms with Crippen molar-refractivity contribution in [1.29, 1.82) is 0 Å². The van der Waals surface area contributed by atoms with E-state index in [1.54, 1.807) is 13.2 Å². The first-order chi connectivity index (χ1) is 15.2. The number of nitrogens with two attached hydrogens (primary N) is 1. The monoisotopic (exact) mass is 443 g/mol. The molecule has 0 aliphatic carbocycles. The molecule has 0 fully saturated rings. The van der Waals surface area contributed by atoms with E-state index < -0.39 is 17.6 Å². The van der Waals surface area contributed by atoms with Crippen molar-refractivity contribution in [2.45, 2.75) is 12.7 Å². The molecule has 0 unspecified atom stereocenters. The molecule has 0 saturated heterocycles. The first kappa shape index (κ1) is 21.3. The summed E-state index contributed by atoms with van der Waals surface area (Å²) in [5, 5.41) is 3.65. The van der Waals surface area contributed by atoms with E-state index in [1.807, 2.05) is 24.3 Å². The molecule has 4 aromatic rings. The number of ether oxygens (including phenoxy) is 1. The predicted molar refractivity (Wildman–Crippen MR) is 112 cm³/mol. The maximum Gasteiger partial charge on any atom is 0.419 e. The van der Waals surface area contributed by atoms with Crippen LogP contribution in [0.2, 0.25) is 0 Å². The lowest BCUT2D eigenvalue weighted by Crippen LogP contribution is -2.08. The Hall–Kier alpha value is -3.95. The van der Waals surface area contributed by atoms with E-state index in [1.165, 1.54) is 12.3 Å². The Morgan fingerprint density at radius 1 is 1.03 bits per heavy atom. The molecule has 2 heterocycles. The lowest BCUT2D eigenvalue weighted by atomic mass is 10.1. The standard InChI is InChI=1S/C22H17F4N5O/c1-32-14-5-2-12(3-6-14)10-28-19-9-15-18(11-29-19)30-21(31-20(15)27)13-4-7-17(23)16(8-13)22(24,25)26/h2-9,11H,10H2,1H3,(H,28,29)(H2,27,30,31). The van der Waals surface area contributed by atoms with Gasteiger partial charge in [-0.25, -0.2) is 19.3 Å². The molecule has 6 nitrogen and oxygen atoms in total. The number of anilines is 2. The molecular formula is C22H17F4N5O. The highest BCUT2D eigenvalue weighted by Gasteiger charge is 2.34. The Morgan fingerprint density at radius 2 is 1.78 bits per heavy atom. The fourth-order valence-corrected chi connectivity index (χ4v) is 3.10. The third kappa shape index (κ3) is 4.39. The molecule has 10 heteroatoms. The van der Waals surface area contributed by atoms with Gasteiger partial charge in [-0.1, -0.05) is 12.1 Å². The predicted octanol–water partition coefficient (Wildman–Crippen LogP) is 5.05. The molecule has 0 radical (unpaired) electrons. The van der Waals surface area contributed by atoms with Gasteiger partial charge in [0.2, 0.25) is 0 Å². The quantitative estimate of drug-likeness (QED) is 0.420. The van der Waals surface area contributed by atoms with Crippen LogP contribution >= 0.6 is 0 Å². The van der Waals surface area contributed by atoms with Crippen LogP contribution in [0.4, 0.5) is 29.2 Å². The number of hydrogen-bond acceptors (Lipinski definition) is 6. The first-order valence-electron chi connectivity index (χ1n) is 9.42. The second-order valence-electron chi connectivity index (χ2n) is 6.91. The number of halogens is 4. The number of hydrogen-bond donors (Lipinski definition) is 2. The average Bonchev–Trinajstić information content (AvgIpc) is 2.77. The number of nitrogens with one attached hydrogen (secondary N) is 1. The summed E-state index contributed by atoms with van der Waals surface area (Å²) in [6.45, 7) is 0.497. The van der Waals surface area contributed by atoms with Crippen LogP contribution in [0.15, 0.2) is 54.7 Å². The van der Waals surface area contributed by atoms with Gasteiger partial charge in [0.1, 0.15) is 23.2 Å². The summed E-state index contributed by atoms with van der Waals surface area (Å²) < 4.78 is 57.8. The number of alkyl halides is 3. The number of rotatable bonds is 5. The minimum absolute atomic E-state index is 0.00553. The third-order valence-corrected chi connectivity index (χ3v) is 4.77. The Balaban J connectivity index is 1.61. The van der Waals surface area contributed by atoms with E-state index in [0.717, 1.165) is 17.4 Å². The third-order valence-electron chi connectivity index (χ3n) is 4.77. The number of fused-ring (bicyclic) bond motifs is 1. The number of methoxy groups -OCH3 is 1. The zero-order valence-electron chi connectivity index (χ0n) is 16.7. The summed E-state index contributed by atoms with van der Waals surface area (Å²) >= 11 is 0. The van der Waals surface area contributed by atoms with E-state index in [2.05, 4.69) is 20.3 Å². The summed E-state index contributed by atoms with van der Waals surface area (Å²) in [5.41, 5.74) is 5.99. The Labute approximate surface area is 180 Å². The molecule has 2 aromatic carbocycles. The lowest BCUT2D eigenvalue weighted by molar-refractivity contribution is -0.139. The number of benzene rings is 2. The van der Waals surface area contributed by atoms with Crippen molar-refractivity contribution < 1.29 is 22.3 Å². The maximum atomic E-state index is 13.6. The minimum Gasteiger partial charge on any atom is -0.497 e. The molecule has 3 N–H and O–H groups in total. The largest absolute Gasteiger partial charge is 0.497 e. The van der Waals surface area contributed by atoms with E-state index in [4.69, 9.17) is 10.5 Å². The molecule has 0 aliphatic heterocycles. The van der Waals surface area contributed by atoms with Gasteiger partial charge in [0, 0.05) is 17.5 Å². The van der Waals surface area contributed by atoms with Crippen LogP contribution in [0, 0.1) is 5.82 Å². The molecule has 2 aromatic heterocycles. The molecule has 32 heavy (non-hydrogen) atoms. The number of aromatic nitrogens is 3. The molecule has 0 aliphatic rings. The van der Waals surface area contributed by atoms with Gasteiger partial charge in [-0.2, -0.15) is 13.2 Å². The van der Waals surface area contributed by atoms with Gasteiger partial charge in [0.15, 0.2) is 5.82 Å². The Bertz CT molecular complexity index is 1280. The molecule has 0 spiro atoms. The van der Waals surface area contributed by atoms with Crippen LogP contribution in [0.1, 0.15) is 11.1 Å². The van der Waals surface area contributed by atoms with Crippen LogP contribution in [0.25, 0.3) is 22.3 Å². The second-order valence-corrected chi connectivity index (χ2v) is 6.91. The Morgan fingerprint density at radius 3 is 2.47 bits per heavy atom. The summed E-state index contributed by atoms with van der Waals surface area (Å²) in [6, 6.07) is 11.7. The zero-order valence-corrected chi connectivity index (χ0v) is 16.7. The number of nitrogens with zero attached hydrogens (tertiary/aromatic N) is 3. The molecule has 4 rings (SSSR count). The SMILES string of the molecule is COc1ccc(CNc2cc3c(N)nc(-c4ccc(F)c(C(F)(F)F)c4)nc3cn2)cc1. The first-order valence-corrected chi connectivity index (χ1v) is 9.42.